The van der Waals surface area contributed by atoms with Gasteiger partial charge in [0.2, 0.25) is 9.74 Å². The maximum atomic E-state index is 6.01. The molecule has 0 saturated carbocycles. The third-order valence-electron chi connectivity index (χ3n) is 4.18. The molecule has 1 N–H and O–H groups in total. The Hall–Kier alpha value is -1.14. The van der Waals surface area contributed by atoms with E-state index >= 15 is 0 Å². The van der Waals surface area contributed by atoms with Crippen LogP contribution in [0, 0.1) is 6.92 Å². The van der Waals surface area contributed by atoms with E-state index in [1.165, 1.54) is 12.8 Å². The Kier molecular flexibility index (Phi) is 6.00. The van der Waals surface area contributed by atoms with Gasteiger partial charge in [-0.25, -0.2) is 4.98 Å². The molecule has 25 heavy (non-hydrogen) atoms. The number of aromatic nitrogens is 3. The summed E-state index contributed by atoms with van der Waals surface area (Å²) in [4.78, 5) is 15.6. The van der Waals surface area contributed by atoms with E-state index in [2.05, 4.69) is 25.2 Å². The van der Waals surface area contributed by atoms with Gasteiger partial charge in [0.05, 0.1) is 0 Å². The van der Waals surface area contributed by atoms with Gasteiger partial charge in [-0.05, 0) is 38.4 Å². The van der Waals surface area contributed by atoms with Gasteiger partial charge in [-0.3, -0.25) is 0 Å². The minimum absolute atomic E-state index is 0.120. The minimum atomic E-state index is -1.70. The van der Waals surface area contributed by atoms with Crippen molar-refractivity contribution < 1.29 is 0 Å². The molecular weight excluding hydrogens is 381 g/mol. The summed E-state index contributed by atoms with van der Waals surface area (Å²) in [6, 6.07) is 7.84. The van der Waals surface area contributed by atoms with Crippen LogP contribution in [0.15, 0.2) is 24.3 Å². The number of benzene rings is 1. The smallest absolute Gasteiger partial charge is 0.250 e. The van der Waals surface area contributed by atoms with E-state index in [1.807, 2.05) is 31.2 Å². The summed E-state index contributed by atoms with van der Waals surface area (Å²) in [5.74, 6) is 1.04. The van der Waals surface area contributed by atoms with Crippen LogP contribution in [0.25, 0.3) is 11.4 Å². The number of alkyl halides is 3. The highest BCUT2D eigenvalue weighted by Gasteiger charge is 2.28. The Labute approximate surface area is 162 Å². The van der Waals surface area contributed by atoms with Crippen molar-refractivity contribution in [2.24, 2.45) is 0 Å². The molecule has 2 heterocycles. The maximum absolute atomic E-state index is 6.01. The number of rotatable bonds is 5. The van der Waals surface area contributed by atoms with Crippen LogP contribution in [-0.4, -0.2) is 46.0 Å². The Morgan fingerprint density at radius 1 is 1.08 bits per heavy atom. The topological polar surface area (TPSA) is 53.9 Å². The van der Waals surface area contributed by atoms with E-state index < -0.39 is 3.79 Å². The third-order valence-corrected chi connectivity index (χ3v) is 4.69. The summed E-state index contributed by atoms with van der Waals surface area (Å²) in [6.45, 7) is 5.96. The molecule has 0 radical (unpaired) electrons. The van der Waals surface area contributed by atoms with Crippen LogP contribution in [0.4, 0.5) is 5.95 Å². The fourth-order valence-corrected chi connectivity index (χ4v) is 3.11. The zero-order valence-corrected chi connectivity index (χ0v) is 16.2. The van der Waals surface area contributed by atoms with Gasteiger partial charge in [-0.15, -0.1) is 0 Å². The zero-order chi connectivity index (χ0) is 17.9. The second-order valence-electron chi connectivity index (χ2n) is 6.09. The van der Waals surface area contributed by atoms with Crippen LogP contribution in [0.5, 0.6) is 0 Å². The first-order valence-electron chi connectivity index (χ1n) is 8.29. The molecule has 5 nitrogen and oxygen atoms in total. The van der Waals surface area contributed by atoms with E-state index in [1.54, 1.807) is 0 Å². The second kappa shape index (κ2) is 8.04. The lowest BCUT2D eigenvalue weighted by Gasteiger charge is -2.16. The summed E-state index contributed by atoms with van der Waals surface area (Å²) in [5, 5.41) is 3.23. The molecule has 1 aromatic carbocycles. The number of halogens is 3. The van der Waals surface area contributed by atoms with Crippen LogP contribution >= 0.6 is 34.8 Å². The largest absolute Gasteiger partial charge is 0.353 e. The van der Waals surface area contributed by atoms with Crippen LogP contribution in [0.3, 0.4) is 0 Å². The first kappa shape index (κ1) is 18.6. The molecule has 8 heteroatoms. The summed E-state index contributed by atoms with van der Waals surface area (Å²) in [5.41, 5.74) is 1.94. The van der Waals surface area contributed by atoms with E-state index in [0.29, 0.717) is 11.8 Å². The van der Waals surface area contributed by atoms with E-state index in [4.69, 9.17) is 34.8 Å². The number of aryl methyl sites for hydroxylation is 1. The normalized spacial score (nSPS) is 15.5. The average Bonchev–Trinajstić information content (AvgIpc) is 3.07. The van der Waals surface area contributed by atoms with E-state index in [0.717, 1.165) is 37.3 Å². The van der Waals surface area contributed by atoms with E-state index in [-0.39, 0.29) is 5.82 Å². The fourth-order valence-electron chi connectivity index (χ4n) is 2.86. The number of hydrogen-bond donors (Lipinski definition) is 1. The van der Waals surface area contributed by atoms with Gasteiger partial charge in [-0.2, -0.15) is 9.97 Å². The van der Waals surface area contributed by atoms with Crippen molar-refractivity contribution >= 4 is 40.8 Å². The molecule has 0 aliphatic carbocycles. The van der Waals surface area contributed by atoms with Crippen LogP contribution < -0.4 is 5.32 Å². The van der Waals surface area contributed by atoms with Gasteiger partial charge in [0.1, 0.15) is 0 Å². The quantitative estimate of drug-likeness (QED) is 0.763. The fraction of sp³-hybridized carbons (Fsp3) is 0.471. The molecule has 0 bridgehead atoms. The summed E-state index contributed by atoms with van der Waals surface area (Å²) < 4.78 is -1.70. The highest BCUT2D eigenvalue weighted by Crippen LogP contribution is 2.37. The average molecular weight is 401 g/mol. The number of anilines is 1. The standard InChI is InChI=1S/C17H20Cl3N5/c1-12-6-2-3-7-13(12)14-22-15(17(18,19)20)24-16(23-14)21-8-11-25-9-4-5-10-25/h2-3,6-7H,4-5,8-11H2,1H3,(H,21,22,23,24). The van der Waals surface area contributed by atoms with Crippen molar-refractivity contribution in [3.63, 3.8) is 0 Å². The second-order valence-corrected chi connectivity index (χ2v) is 8.38. The van der Waals surface area contributed by atoms with Gasteiger partial charge >= 0.3 is 0 Å². The Morgan fingerprint density at radius 3 is 2.48 bits per heavy atom. The van der Waals surface area contributed by atoms with Crippen LogP contribution in [0.2, 0.25) is 0 Å². The number of nitrogens with zero attached hydrogens (tertiary/aromatic N) is 4. The first-order chi connectivity index (χ1) is 11.9. The van der Waals surface area contributed by atoms with Crippen molar-refractivity contribution in [3.8, 4) is 11.4 Å². The highest BCUT2D eigenvalue weighted by molar-refractivity contribution is 6.66. The molecule has 1 aliphatic heterocycles. The molecule has 1 saturated heterocycles. The molecule has 0 spiro atoms. The Bertz CT molecular complexity index is 726. The molecule has 2 aromatic rings. The first-order valence-corrected chi connectivity index (χ1v) is 9.42. The van der Waals surface area contributed by atoms with Crippen molar-refractivity contribution in [1.82, 2.24) is 19.9 Å². The van der Waals surface area contributed by atoms with Crippen LogP contribution in [-0.2, 0) is 3.79 Å². The van der Waals surface area contributed by atoms with Crippen molar-refractivity contribution in [2.75, 3.05) is 31.5 Å². The lowest BCUT2D eigenvalue weighted by atomic mass is 10.1. The molecule has 134 valence electrons. The lowest BCUT2D eigenvalue weighted by molar-refractivity contribution is 0.352. The summed E-state index contributed by atoms with van der Waals surface area (Å²) >= 11 is 18.0. The number of nitrogens with one attached hydrogen (secondary N) is 1. The van der Waals surface area contributed by atoms with Gasteiger partial charge in [0, 0.05) is 18.7 Å². The van der Waals surface area contributed by atoms with E-state index in [9.17, 15) is 0 Å². The summed E-state index contributed by atoms with van der Waals surface area (Å²) in [6.07, 6.45) is 2.53. The van der Waals surface area contributed by atoms with Crippen molar-refractivity contribution in [3.05, 3.63) is 35.7 Å². The highest BCUT2D eigenvalue weighted by atomic mass is 35.6. The van der Waals surface area contributed by atoms with Gasteiger partial charge in [0.25, 0.3) is 0 Å². The maximum Gasteiger partial charge on any atom is 0.250 e. The molecule has 1 fully saturated rings. The minimum Gasteiger partial charge on any atom is -0.353 e. The predicted molar refractivity (Wildman–Crippen MR) is 103 cm³/mol. The van der Waals surface area contributed by atoms with Gasteiger partial charge < -0.3 is 10.2 Å². The Morgan fingerprint density at radius 2 is 1.80 bits per heavy atom. The number of likely N-dealkylation sites (tertiary alicyclic amines) is 1. The monoisotopic (exact) mass is 399 g/mol. The molecule has 1 aromatic heterocycles. The summed E-state index contributed by atoms with van der Waals surface area (Å²) in [7, 11) is 0. The van der Waals surface area contributed by atoms with Crippen molar-refractivity contribution in [2.45, 2.75) is 23.6 Å². The predicted octanol–water partition coefficient (Wildman–Crippen LogP) is 4.18. The SMILES string of the molecule is Cc1ccccc1-c1nc(NCCN2CCCC2)nc(C(Cl)(Cl)Cl)n1. The lowest BCUT2D eigenvalue weighted by Crippen LogP contribution is -2.26. The number of hydrogen-bond acceptors (Lipinski definition) is 5. The van der Waals surface area contributed by atoms with Gasteiger partial charge in [0.15, 0.2) is 11.6 Å². The van der Waals surface area contributed by atoms with Crippen molar-refractivity contribution in [1.29, 1.82) is 0 Å². The Balaban J connectivity index is 1.84. The molecule has 0 atom stereocenters. The third kappa shape index (κ3) is 4.94. The molecule has 0 unspecified atom stereocenters. The molecule has 3 rings (SSSR count). The van der Waals surface area contributed by atoms with Crippen LogP contribution in [0.1, 0.15) is 24.2 Å². The van der Waals surface area contributed by atoms with Gasteiger partial charge in [-0.1, -0.05) is 59.1 Å². The molecular formula is C17H20Cl3N5. The molecule has 1 aliphatic rings. The zero-order valence-electron chi connectivity index (χ0n) is 14.0. The molecule has 0 amide bonds.